The Hall–Kier alpha value is -1.82. The van der Waals surface area contributed by atoms with Crippen LogP contribution >= 0.6 is 0 Å². The zero-order valence-electron chi connectivity index (χ0n) is 11.9. The summed E-state index contributed by atoms with van der Waals surface area (Å²) in [7, 11) is 1.60. The van der Waals surface area contributed by atoms with Crippen molar-refractivity contribution in [2.45, 2.75) is 44.7 Å². The van der Waals surface area contributed by atoms with Crippen molar-refractivity contribution in [1.29, 1.82) is 0 Å². The molecule has 1 fully saturated rings. The lowest BCUT2D eigenvalue weighted by Gasteiger charge is -2.24. The Balaban J connectivity index is 1.92. The number of rotatable bonds is 4. The average Bonchev–Trinajstić information content (AvgIpc) is 2.52. The van der Waals surface area contributed by atoms with Crippen LogP contribution in [0.2, 0.25) is 0 Å². The van der Waals surface area contributed by atoms with Gasteiger partial charge in [0.05, 0.1) is 13.7 Å². The summed E-state index contributed by atoms with van der Waals surface area (Å²) in [5, 5.41) is 3.37. The van der Waals surface area contributed by atoms with E-state index in [0.717, 1.165) is 5.56 Å². The van der Waals surface area contributed by atoms with E-state index >= 15 is 0 Å². The number of pyridine rings is 1. The molecule has 0 aromatic carbocycles. The summed E-state index contributed by atoms with van der Waals surface area (Å²) in [5.41, 5.74) is 3.68. The first-order chi connectivity index (χ1) is 9.81. The van der Waals surface area contributed by atoms with Crippen LogP contribution in [0.3, 0.4) is 0 Å². The number of nitrogens with zero attached hydrogens (tertiary/aromatic N) is 2. The lowest BCUT2D eigenvalue weighted by atomic mass is 9.96. The van der Waals surface area contributed by atoms with E-state index in [1.807, 2.05) is 12.1 Å². The Kier molecular flexibility index (Phi) is 5.61. The fourth-order valence-electron chi connectivity index (χ4n) is 2.40. The maximum absolute atomic E-state index is 5.53. The quantitative estimate of drug-likeness (QED) is 0.335. The third kappa shape index (κ3) is 4.38. The van der Waals surface area contributed by atoms with Crippen LogP contribution in [0.4, 0.5) is 0 Å². The summed E-state index contributed by atoms with van der Waals surface area (Å²) >= 11 is 0. The van der Waals surface area contributed by atoms with Crippen LogP contribution in [0.5, 0.6) is 5.88 Å². The van der Waals surface area contributed by atoms with Gasteiger partial charge in [0.15, 0.2) is 0 Å². The molecule has 20 heavy (non-hydrogen) atoms. The predicted molar refractivity (Wildman–Crippen MR) is 79.3 cm³/mol. The molecule has 6 nitrogen and oxygen atoms in total. The van der Waals surface area contributed by atoms with Gasteiger partial charge in [-0.05, 0) is 24.5 Å². The fourth-order valence-corrected chi connectivity index (χ4v) is 2.40. The molecule has 1 aliphatic rings. The zero-order valence-corrected chi connectivity index (χ0v) is 11.9. The lowest BCUT2D eigenvalue weighted by molar-refractivity contribution is 0.397. The molecule has 0 unspecified atom stereocenters. The minimum Gasteiger partial charge on any atom is -0.481 e. The second-order valence-electron chi connectivity index (χ2n) is 4.99. The number of nitrogens with two attached hydrogens (primary N) is 1. The van der Waals surface area contributed by atoms with E-state index in [-0.39, 0.29) is 0 Å². The normalized spacial score (nSPS) is 16.8. The molecule has 0 atom stereocenters. The third-order valence-corrected chi connectivity index (χ3v) is 3.51. The van der Waals surface area contributed by atoms with Crippen molar-refractivity contribution in [3.05, 3.63) is 23.9 Å². The van der Waals surface area contributed by atoms with Crippen LogP contribution < -0.4 is 21.3 Å². The summed E-state index contributed by atoms with van der Waals surface area (Å²) in [6, 6.07) is 4.27. The highest BCUT2D eigenvalue weighted by Gasteiger charge is 2.14. The van der Waals surface area contributed by atoms with E-state index in [1.165, 1.54) is 32.1 Å². The van der Waals surface area contributed by atoms with Crippen molar-refractivity contribution in [2.24, 2.45) is 10.8 Å². The predicted octanol–water partition coefficient (Wildman–Crippen LogP) is 1.33. The Bertz CT molecular complexity index is 443. The van der Waals surface area contributed by atoms with Gasteiger partial charge >= 0.3 is 0 Å². The number of methoxy groups -OCH3 is 1. The maximum Gasteiger partial charge on any atom is 0.213 e. The molecular formula is C14H23N5O. The number of aliphatic imine (C=N–C) groups is 1. The van der Waals surface area contributed by atoms with Crippen LogP contribution in [0.15, 0.2) is 23.3 Å². The van der Waals surface area contributed by atoms with Crippen molar-refractivity contribution >= 4 is 5.96 Å². The van der Waals surface area contributed by atoms with E-state index in [4.69, 9.17) is 10.6 Å². The third-order valence-electron chi connectivity index (χ3n) is 3.51. The Morgan fingerprint density at radius 3 is 2.95 bits per heavy atom. The van der Waals surface area contributed by atoms with Crippen LogP contribution in [0.1, 0.15) is 37.7 Å². The number of hydrazine groups is 1. The van der Waals surface area contributed by atoms with Crippen molar-refractivity contribution in [1.82, 2.24) is 15.7 Å². The topological polar surface area (TPSA) is 84.6 Å². The number of aromatic nitrogens is 1. The van der Waals surface area contributed by atoms with Gasteiger partial charge in [0.2, 0.25) is 11.8 Å². The summed E-state index contributed by atoms with van der Waals surface area (Å²) in [6.45, 7) is 0.540. The molecule has 2 rings (SSSR count). The van der Waals surface area contributed by atoms with Gasteiger partial charge in [0.25, 0.3) is 0 Å². The molecule has 0 aliphatic heterocycles. The standard InChI is InChI=1S/C14H23N5O/c1-20-13-9-11(7-8-16-13)10-17-14(19-15)18-12-5-3-2-4-6-12/h7-9,12H,2-6,10,15H2,1H3,(H2,17,18,19). The molecule has 1 heterocycles. The molecule has 110 valence electrons. The molecule has 1 aliphatic carbocycles. The number of ether oxygens (including phenoxy) is 1. The molecule has 0 bridgehead atoms. The Labute approximate surface area is 119 Å². The minimum atomic E-state index is 0.477. The van der Waals surface area contributed by atoms with E-state index in [1.54, 1.807) is 13.3 Å². The highest BCUT2D eigenvalue weighted by atomic mass is 16.5. The fraction of sp³-hybridized carbons (Fsp3) is 0.571. The monoisotopic (exact) mass is 277 g/mol. The van der Waals surface area contributed by atoms with E-state index in [9.17, 15) is 0 Å². The highest BCUT2D eigenvalue weighted by molar-refractivity contribution is 5.79. The molecule has 4 N–H and O–H groups in total. The average molecular weight is 277 g/mol. The first-order valence-corrected chi connectivity index (χ1v) is 7.08. The Morgan fingerprint density at radius 1 is 1.45 bits per heavy atom. The van der Waals surface area contributed by atoms with Crippen molar-refractivity contribution in [3.8, 4) is 5.88 Å². The molecule has 0 saturated heterocycles. The SMILES string of the molecule is COc1cc(CN=C(NN)NC2CCCCC2)ccn1. The number of hydrogen-bond donors (Lipinski definition) is 3. The van der Waals surface area contributed by atoms with Crippen molar-refractivity contribution < 1.29 is 4.74 Å². The zero-order chi connectivity index (χ0) is 14.2. The van der Waals surface area contributed by atoms with Crippen molar-refractivity contribution in [3.63, 3.8) is 0 Å². The molecule has 0 amide bonds. The van der Waals surface area contributed by atoms with Crippen LogP contribution in [-0.2, 0) is 6.54 Å². The highest BCUT2D eigenvalue weighted by Crippen LogP contribution is 2.17. The van der Waals surface area contributed by atoms with Gasteiger partial charge in [0, 0.05) is 18.3 Å². The maximum atomic E-state index is 5.53. The van der Waals surface area contributed by atoms with E-state index in [2.05, 4.69) is 20.7 Å². The minimum absolute atomic E-state index is 0.477. The summed E-state index contributed by atoms with van der Waals surface area (Å²) in [4.78, 5) is 8.54. The summed E-state index contributed by atoms with van der Waals surface area (Å²) in [6.07, 6.45) is 7.97. The largest absolute Gasteiger partial charge is 0.481 e. The van der Waals surface area contributed by atoms with Gasteiger partial charge in [-0.3, -0.25) is 5.43 Å². The first kappa shape index (κ1) is 14.6. The Morgan fingerprint density at radius 2 is 2.25 bits per heavy atom. The van der Waals surface area contributed by atoms with Gasteiger partial charge in [-0.25, -0.2) is 15.8 Å². The second kappa shape index (κ2) is 7.69. The van der Waals surface area contributed by atoms with Crippen LogP contribution in [-0.4, -0.2) is 24.1 Å². The van der Waals surface area contributed by atoms with Gasteiger partial charge < -0.3 is 10.1 Å². The number of nitrogens with one attached hydrogen (secondary N) is 2. The molecule has 0 radical (unpaired) electrons. The molecule has 0 spiro atoms. The molecule has 6 heteroatoms. The van der Waals surface area contributed by atoms with E-state index in [0.29, 0.717) is 24.4 Å². The van der Waals surface area contributed by atoms with Gasteiger partial charge in [-0.2, -0.15) is 0 Å². The van der Waals surface area contributed by atoms with Crippen LogP contribution in [0, 0.1) is 0 Å². The van der Waals surface area contributed by atoms with Crippen LogP contribution in [0.25, 0.3) is 0 Å². The number of hydrogen-bond acceptors (Lipinski definition) is 4. The first-order valence-electron chi connectivity index (χ1n) is 7.08. The van der Waals surface area contributed by atoms with Gasteiger partial charge in [-0.1, -0.05) is 19.3 Å². The summed E-state index contributed by atoms with van der Waals surface area (Å²) < 4.78 is 5.09. The van der Waals surface area contributed by atoms with Gasteiger partial charge in [-0.15, -0.1) is 0 Å². The molecule has 1 aromatic heterocycles. The lowest BCUT2D eigenvalue weighted by Crippen LogP contribution is -2.47. The molecular weight excluding hydrogens is 254 g/mol. The smallest absolute Gasteiger partial charge is 0.213 e. The number of guanidine groups is 1. The van der Waals surface area contributed by atoms with Gasteiger partial charge in [0.1, 0.15) is 0 Å². The van der Waals surface area contributed by atoms with E-state index < -0.39 is 0 Å². The summed E-state index contributed by atoms with van der Waals surface area (Å²) in [5.74, 6) is 6.77. The molecule has 1 saturated carbocycles. The second-order valence-corrected chi connectivity index (χ2v) is 4.99. The van der Waals surface area contributed by atoms with Crippen molar-refractivity contribution in [2.75, 3.05) is 7.11 Å². The molecule has 1 aromatic rings.